The molecule has 0 bridgehead atoms. The number of carbonyl (C=O) groups is 2. The van der Waals surface area contributed by atoms with Gasteiger partial charge in [-0.3, -0.25) is 9.59 Å². The van der Waals surface area contributed by atoms with Crippen LogP contribution in [0, 0.1) is 12.8 Å². The number of aryl methyl sites for hydroxylation is 1. The van der Waals surface area contributed by atoms with Gasteiger partial charge in [-0.25, -0.2) is 9.78 Å². The molecule has 7 nitrogen and oxygen atoms in total. The van der Waals surface area contributed by atoms with E-state index in [-0.39, 0.29) is 24.3 Å². The minimum atomic E-state index is -0.625. The number of hydrogen-bond acceptors (Lipinski definition) is 5. The van der Waals surface area contributed by atoms with Crippen LogP contribution < -0.4 is 16.3 Å². The summed E-state index contributed by atoms with van der Waals surface area (Å²) in [5.74, 6) is -1.07. The second-order valence-corrected chi connectivity index (χ2v) is 9.42. The van der Waals surface area contributed by atoms with E-state index in [9.17, 15) is 14.4 Å². The van der Waals surface area contributed by atoms with E-state index < -0.39 is 23.5 Å². The first-order valence-corrected chi connectivity index (χ1v) is 12.0. The molecule has 0 radical (unpaired) electrons. The van der Waals surface area contributed by atoms with E-state index in [0.29, 0.717) is 10.9 Å². The maximum atomic E-state index is 13.2. The molecule has 2 amide bonds. The van der Waals surface area contributed by atoms with Gasteiger partial charge >= 0.3 is 5.63 Å². The average Bonchev–Trinajstić information content (AvgIpc) is 3.20. The van der Waals surface area contributed by atoms with E-state index in [0.717, 1.165) is 27.8 Å². The Kier molecular flexibility index (Phi) is 6.14. The van der Waals surface area contributed by atoms with Gasteiger partial charge in [0.1, 0.15) is 6.04 Å². The van der Waals surface area contributed by atoms with Crippen LogP contribution >= 0.6 is 0 Å². The maximum absolute atomic E-state index is 13.2. The highest BCUT2D eigenvalue weighted by atomic mass is 16.4. The van der Waals surface area contributed by atoms with Crippen molar-refractivity contribution in [2.24, 2.45) is 5.92 Å². The molecule has 7 heteroatoms. The van der Waals surface area contributed by atoms with Crippen molar-refractivity contribution in [2.75, 3.05) is 6.54 Å². The predicted molar refractivity (Wildman–Crippen MR) is 137 cm³/mol. The fraction of sp³-hybridized carbons (Fsp3) is 0.241. The molecular formula is C29H27N3O4. The van der Waals surface area contributed by atoms with E-state index in [2.05, 4.69) is 15.6 Å². The van der Waals surface area contributed by atoms with E-state index in [4.69, 9.17) is 4.42 Å². The molecule has 0 spiro atoms. The molecule has 0 saturated heterocycles. The smallest absolute Gasteiger partial charge is 0.347 e. The molecule has 1 aromatic heterocycles. The fourth-order valence-corrected chi connectivity index (χ4v) is 4.88. The second kappa shape index (κ2) is 9.41. The summed E-state index contributed by atoms with van der Waals surface area (Å²) >= 11 is 0. The minimum Gasteiger partial charge on any atom is -0.406 e. The van der Waals surface area contributed by atoms with Crippen LogP contribution in [0.3, 0.4) is 0 Å². The summed E-state index contributed by atoms with van der Waals surface area (Å²) in [6.45, 7) is 5.42. The lowest BCUT2D eigenvalue weighted by Gasteiger charge is -2.21. The van der Waals surface area contributed by atoms with Crippen molar-refractivity contribution in [2.45, 2.75) is 32.7 Å². The van der Waals surface area contributed by atoms with Crippen molar-refractivity contribution < 1.29 is 14.0 Å². The molecule has 0 aliphatic heterocycles. The van der Waals surface area contributed by atoms with Gasteiger partial charge in [-0.05, 0) is 46.7 Å². The number of aromatic nitrogens is 1. The van der Waals surface area contributed by atoms with Crippen molar-refractivity contribution in [1.82, 2.24) is 15.6 Å². The number of benzene rings is 3. The highest BCUT2D eigenvalue weighted by Crippen LogP contribution is 2.44. The maximum Gasteiger partial charge on any atom is 0.347 e. The normalized spacial score (nSPS) is 13.3. The average molecular weight is 482 g/mol. The van der Waals surface area contributed by atoms with Crippen LogP contribution in [0.2, 0.25) is 0 Å². The van der Waals surface area contributed by atoms with E-state index in [1.165, 1.54) is 0 Å². The summed E-state index contributed by atoms with van der Waals surface area (Å²) in [7, 11) is 0. The van der Waals surface area contributed by atoms with E-state index >= 15 is 0 Å². The van der Waals surface area contributed by atoms with Gasteiger partial charge in [0, 0.05) is 0 Å². The molecule has 1 aliphatic rings. The lowest BCUT2D eigenvalue weighted by atomic mass is 9.96. The number of nitrogens with zero attached hydrogens (tertiary/aromatic N) is 1. The van der Waals surface area contributed by atoms with Crippen LogP contribution in [0.25, 0.3) is 22.0 Å². The van der Waals surface area contributed by atoms with Gasteiger partial charge in [0.25, 0.3) is 0 Å². The van der Waals surface area contributed by atoms with Crippen LogP contribution in [0.15, 0.2) is 75.9 Å². The second-order valence-electron chi connectivity index (χ2n) is 9.42. The Morgan fingerprint density at radius 3 is 2.22 bits per heavy atom. The van der Waals surface area contributed by atoms with Gasteiger partial charge in [-0.2, -0.15) is 0 Å². The van der Waals surface area contributed by atoms with Crippen LogP contribution in [0.4, 0.5) is 0 Å². The van der Waals surface area contributed by atoms with Crippen molar-refractivity contribution in [3.05, 3.63) is 99.7 Å². The standard InChI is InChI=1S/C29H27N3O4/c1-16(2)26(28-31-22-14-8-9-17(3)24(22)29(35)36-28)32-23(33)15-30-27(34)25-20-12-6-4-10-18(20)19-11-5-7-13-21(19)25/h4-14,16,25-26H,15H2,1-3H3,(H,30,34)(H,32,33)/t26-/m0/s1. The topological polar surface area (TPSA) is 101 Å². The fourth-order valence-electron chi connectivity index (χ4n) is 4.88. The van der Waals surface area contributed by atoms with Crippen molar-refractivity contribution >= 4 is 22.7 Å². The van der Waals surface area contributed by atoms with Gasteiger partial charge in [-0.1, -0.05) is 74.5 Å². The van der Waals surface area contributed by atoms with Crippen LogP contribution in [0.5, 0.6) is 0 Å². The summed E-state index contributed by atoms with van der Waals surface area (Å²) in [6, 6.07) is 20.4. The Hall–Kier alpha value is -4.26. The third-order valence-corrected chi connectivity index (χ3v) is 6.65. The highest BCUT2D eigenvalue weighted by Gasteiger charge is 2.33. The summed E-state index contributed by atoms with van der Waals surface area (Å²) in [4.78, 5) is 43.2. The first-order valence-electron chi connectivity index (χ1n) is 12.0. The summed E-state index contributed by atoms with van der Waals surface area (Å²) in [5.41, 5.74) is 4.73. The quantitative estimate of drug-likeness (QED) is 0.429. The Morgan fingerprint density at radius 1 is 0.944 bits per heavy atom. The number of nitrogens with one attached hydrogen (secondary N) is 2. The molecule has 5 rings (SSSR count). The molecule has 3 aromatic carbocycles. The lowest BCUT2D eigenvalue weighted by Crippen LogP contribution is -2.41. The third-order valence-electron chi connectivity index (χ3n) is 6.65. The molecule has 36 heavy (non-hydrogen) atoms. The number of rotatable bonds is 6. The Balaban J connectivity index is 1.32. The van der Waals surface area contributed by atoms with Crippen LogP contribution in [-0.4, -0.2) is 23.3 Å². The minimum absolute atomic E-state index is 0.101. The molecule has 0 saturated carbocycles. The molecule has 1 heterocycles. The molecule has 4 aromatic rings. The zero-order chi connectivity index (χ0) is 25.4. The van der Waals surface area contributed by atoms with E-state index in [1.807, 2.05) is 81.4 Å². The van der Waals surface area contributed by atoms with Crippen molar-refractivity contribution in [3.63, 3.8) is 0 Å². The summed E-state index contributed by atoms with van der Waals surface area (Å²) in [5, 5.41) is 6.09. The number of hydrogen-bond donors (Lipinski definition) is 2. The highest BCUT2D eigenvalue weighted by molar-refractivity contribution is 5.97. The SMILES string of the molecule is Cc1cccc2nc([C@@H](NC(=O)CNC(=O)C3c4ccccc4-c4ccccc43)C(C)C)oc(=O)c12. The molecule has 0 unspecified atom stereocenters. The zero-order valence-corrected chi connectivity index (χ0v) is 20.4. The molecule has 182 valence electrons. The van der Waals surface area contributed by atoms with Crippen LogP contribution in [-0.2, 0) is 9.59 Å². The number of carbonyl (C=O) groups excluding carboxylic acids is 2. The third kappa shape index (κ3) is 4.17. The largest absolute Gasteiger partial charge is 0.406 e. The molecular weight excluding hydrogens is 454 g/mol. The molecule has 1 aliphatic carbocycles. The Bertz CT molecular complexity index is 1490. The van der Waals surface area contributed by atoms with Gasteiger partial charge < -0.3 is 15.1 Å². The number of amides is 2. The molecule has 1 atom stereocenters. The monoisotopic (exact) mass is 481 g/mol. The summed E-state index contributed by atoms with van der Waals surface area (Å²) < 4.78 is 5.51. The van der Waals surface area contributed by atoms with Gasteiger partial charge in [0.15, 0.2) is 0 Å². The lowest BCUT2D eigenvalue weighted by molar-refractivity contribution is -0.127. The summed E-state index contributed by atoms with van der Waals surface area (Å²) in [6.07, 6.45) is 0. The zero-order valence-electron chi connectivity index (χ0n) is 20.4. The molecule has 0 fully saturated rings. The Morgan fingerprint density at radius 2 is 1.58 bits per heavy atom. The first-order chi connectivity index (χ1) is 17.3. The van der Waals surface area contributed by atoms with Gasteiger partial charge in [0.2, 0.25) is 17.7 Å². The predicted octanol–water partition coefficient (Wildman–Crippen LogP) is 4.24. The molecule has 2 N–H and O–H groups in total. The first kappa shape index (κ1) is 23.5. The van der Waals surface area contributed by atoms with Gasteiger partial charge in [0.05, 0.1) is 23.4 Å². The van der Waals surface area contributed by atoms with E-state index in [1.54, 1.807) is 6.07 Å². The van der Waals surface area contributed by atoms with Crippen LogP contribution in [0.1, 0.15) is 48.4 Å². The number of fused-ring (bicyclic) bond motifs is 4. The Labute approximate surface area is 208 Å². The van der Waals surface area contributed by atoms with Gasteiger partial charge in [-0.15, -0.1) is 0 Å². The van der Waals surface area contributed by atoms with Crippen molar-refractivity contribution in [1.29, 1.82) is 0 Å². The van der Waals surface area contributed by atoms with Crippen molar-refractivity contribution in [3.8, 4) is 11.1 Å².